The molecule has 4 N–H and O–H groups in total. The summed E-state index contributed by atoms with van der Waals surface area (Å²) >= 11 is 0. The molecule has 0 saturated carbocycles. The molecule has 0 fully saturated rings. The highest BCUT2D eigenvalue weighted by Crippen LogP contribution is 2.25. The summed E-state index contributed by atoms with van der Waals surface area (Å²) in [6, 6.07) is 10.2. The van der Waals surface area contributed by atoms with E-state index in [0.717, 1.165) is 18.1 Å². The molecule has 0 bridgehead atoms. The summed E-state index contributed by atoms with van der Waals surface area (Å²) in [5, 5.41) is 2.97. The molecule has 4 nitrogen and oxygen atoms in total. The molecule has 0 aliphatic carbocycles. The van der Waals surface area contributed by atoms with Crippen LogP contribution in [0.4, 0.5) is 20.4 Å². The van der Waals surface area contributed by atoms with Gasteiger partial charge in [0.25, 0.3) is 0 Å². The smallest absolute Gasteiger partial charge is 0.178 e. The summed E-state index contributed by atoms with van der Waals surface area (Å²) in [7, 11) is 0. The Bertz CT molecular complexity index is 575. The minimum atomic E-state index is -0.830. The van der Waals surface area contributed by atoms with Gasteiger partial charge in [-0.2, -0.15) is 0 Å². The van der Waals surface area contributed by atoms with Gasteiger partial charge in [-0.1, -0.05) is 37.3 Å². The Hall–Kier alpha value is -2.21. The predicted octanol–water partition coefficient (Wildman–Crippen LogP) is 3.21. The van der Waals surface area contributed by atoms with E-state index in [0.29, 0.717) is 0 Å². The fourth-order valence-electron chi connectivity index (χ4n) is 1.94. The lowest BCUT2D eigenvalue weighted by atomic mass is 10.0. The molecule has 0 aliphatic rings. The number of anilines is 2. The van der Waals surface area contributed by atoms with Gasteiger partial charge in [0.15, 0.2) is 23.3 Å². The number of halogens is 2. The summed E-state index contributed by atoms with van der Waals surface area (Å²) in [6.45, 7) is 1.97. The normalized spacial score (nSPS) is 12.0. The minimum absolute atomic E-state index is 0.0324. The van der Waals surface area contributed by atoms with Crippen molar-refractivity contribution in [1.82, 2.24) is 4.98 Å². The molecule has 0 radical (unpaired) electrons. The third-order valence-electron chi connectivity index (χ3n) is 2.99. The highest BCUT2D eigenvalue weighted by atomic mass is 19.1. The van der Waals surface area contributed by atoms with Gasteiger partial charge < -0.3 is 10.7 Å². The van der Waals surface area contributed by atoms with Gasteiger partial charge in [-0.05, 0) is 12.0 Å². The minimum Gasteiger partial charge on any atom is -0.361 e. The van der Waals surface area contributed by atoms with Crippen molar-refractivity contribution in [2.24, 2.45) is 5.84 Å². The molecule has 1 atom stereocenters. The van der Waals surface area contributed by atoms with Crippen LogP contribution in [-0.4, -0.2) is 4.98 Å². The van der Waals surface area contributed by atoms with Crippen LogP contribution in [0.3, 0.4) is 0 Å². The fourth-order valence-corrected chi connectivity index (χ4v) is 1.94. The first kappa shape index (κ1) is 14.2. The van der Waals surface area contributed by atoms with Gasteiger partial charge in [0.05, 0.1) is 6.04 Å². The highest BCUT2D eigenvalue weighted by molar-refractivity contribution is 5.48. The van der Waals surface area contributed by atoms with Crippen molar-refractivity contribution in [2.75, 3.05) is 10.7 Å². The summed E-state index contributed by atoms with van der Waals surface area (Å²) in [6.07, 6.45) is 0.730. The Morgan fingerprint density at radius 3 is 2.40 bits per heavy atom. The number of aromatic nitrogens is 1. The molecular formula is C14H16F2N4. The molecule has 1 heterocycles. The number of hydrazine groups is 1. The van der Waals surface area contributed by atoms with Crippen LogP contribution in [0.5, 0.6) is 0 Å². The molecule has 2 aromatic rings. The van der Waals surface area contributed by atoms with Gasteiger partial charge in [-0.15, -0.1) is 0 Å². The zero-order chi connectivity index (χ0) is 14.5. The zero-order valence-corrected chi connectivity index (χ0v) is 11.0. The van der Waals surface area contributed by atoms with Gasteiger partial charge in [0, 0.05) is 6.07 Å². The second-order valence-electron chi connectivity index (χ2n) is 4.31. The number of nitrogen functional groups attached to an aromatic ring is 1. The Balaban J connectivity index is 2.28. The second kappa shape index (κ2) is 6.29. The van der Waals surface area contributed by atoms with Crippen molar-refractivity contribution >= 4 is 11.6 Å². The van der Waals surface area contributed by atoms with Crippen LogP contribution in [0, 0.1) is 11.6 Å². The lowest BCUT2D eigenvalue weighted by molar-refractivity contribution is 0.575. The largest absolute Gasteiger partial charge is 0.361 e. The summed E-state index contributed by atoms with van der Waals surface area (Å²) < 4.78 is 27.0. The van der Waals surface area contributed by atoms with E-state index in [1.165, 1.54) is 0 Å². The lowest BCUT2D eigenvalue weighted by Gasteiger charge is -2.19. The molecule has 106 valence electrons. The lowest BCUT2D eigenvalue weighted by Crippen LogP contribution is -2.16. The third kappa shape index (κ3) is 3.03. The maximum Gasteiger partial charge on any atom is 0.178 e. The van der Waals surface area contributed by atoms with Crippen LogP contribution < -0.4 is 16.6 Å². The van der Waals surface area contributed by atoms with Crippen molar-refractivity contribution in [3.8, 4) is 0 Å². The third-order valence-corrected chi connectivity index (χ3v) is 2.99. The number of rotatable bonds is 5. The van der Waals surface area contributed by atoms with Gasteiger partial charge in [-0.25, -0.2) is 19.6 Å². The average molecular weight is 278 g/mol. The van der Waals surface area contributed by atoms with E-state index < -0.39 is 11.6 Å². The van der Waals surface area contributed by atoms with Gasteiger partial charge >= 0.3 is 0 Å². The van der Waals surface area contributed by atoms with E-state index in [2.05, 4.69) is 15.7 Å². The van der Waals surface area contributed by atoms with Crippen LogP contribution in [-0.2, 0) is 0 Å². The molecule has 1 unspecified atom stereocenters. The van der Waals surface area contributed by atoms with Gasteiger partial charge in [-0.3, -0.25) is 0 Å². The van der Waals surface area contributed by atoms with Crippen LogP contribution in [0.25, 0.3) is 0 Å². The Morgan fingerprint density at radius 1 is 1.15 bits per heavy atom. The number of nitrogens with zero attached hydrogens (tertiary/aromatic N) is 1. The maximum absolute atomic E-state index is 13.7. The van der Waals surface area contributed by atoms with Crippen LogP contribution >= 0.6 is 0 Å². The molecule has 1 aromatic heterocycles. The molecule has 0 spiro atoms. The van der Waals surface area contributed by atoms with Gasteiger partial charge in [0.2, 0.25) is 0 Å². The van der Waals surface area contributed by atoms with Crippen LogP contribution in [0.2, 0.25) is 0 Å². The highest BCUT2D eigenvalue weighted by Gasteiger charge is 2.15. The van der Waals surface area contributed by atoms with E-state index in [9.17, 15) is 8.78 Å². The van der Waals surface area contributed by atoms with Crippen molar-refractivity contribution in [2.45, 2.75) is 19.4 Å². The standard InChI is InChI=1S/C14H16F2N4/c1-2-12(9-6-4-3-5-7-9)18-13-10(15)8-11(16)14(19-13)20-17/h3-8,12H,2,17H2,1H3,(H2,18,19,20). The average Bonchev–Trinajstić information content (AvgIpc) is 2.47. The second-order valence-corrected chi connectivity index (χ2v) is 4.31. The van der Waals surface area contributed by atoms with Crippen LogP contribution in [0.15, 0.2) is 36.4 Å². The molecule has 6 heteroatoms. The molecule has 0 saturated heterocycles. The van der Waals surface area contributed by atoms with Gasteiger partial charge in [0.1, 0.15) is 0 Å². The number of benzene rings is 1. The summed E-state index contributed by atoms with van der Waals surface area (Å²) in [5.41, 5.74) is 3.10. The first-order valence-electron chi connectivity index (χ1n) is 6.29. The summed E-state index contributed by atoms with van der Waals surface area (Å²) in [5.74, 6) is 3.33. The Morgan fingerprint density at radius 2 is 1.80 bits per heavy atom. The van der Waals surface area contributed by atoms with E-state index in [-0.39, 0.29) is 17.7 Å². The van der Waals surface area contributed by atoms with Crippen LogP contribution in [0.1, 0.15) is 24.9 Å². The first-order chi connectivity index (χ1) is 9.65. The molecule has 0 aliphatic heterocycles. The Labute approximate surface area is 116 Å². The maximum atomic E-state index is 13.7. The van der Waals surface area contributed by atoms with E-state index in [1.54, 1.807) is 0 Å². The van der Waals surface area contributed by atoms with E-state index >= 15 is 0 Å². The fraction of sp³-hybridized carbons (Fsp3) is 0.214. The number of nitrogens with two attached hydrogens (primary N) is 1. The topological polar surface area (TPSA) is 63.0 Å². The first-order valence-corrected chi connectivity index (χ1v) is 6.29. The number of hydrogen-bond acceptors (Lipinski definition) is 4. The zero-order valence-electron chi connectivity index (χ0n) is 11.0. The SMILES string of the molecule is CCC(Nc1nc(NN)c(F)cc1F)c1ccccc1. The number of hydrogen-bond donors (Lipinski definition) is 3. The van der Waals surface area contributed by atoms with Crippen molar-refractivity contribution in [3.05, 3.63) is 53.6 Å². The predicted molar refractivity (Wildman–Crippen MR) is 75.1 cm³/mol. The summed E-state index contributed by atoms with van der Waals surface area (Å²) in [4.78, 5) is 3.81. The van der Waals surface area contributed by atoms with Crippen molar-refractivity contribution in [3.63, 3.8) is 0 Å². The van der Waals surface area contributed by atoms with E-state index in [1.807, 2.05) is 37.3 Å². The number of pyridine rings is 1. The Kier molecular flexibility index (Phi) is 4.47. The monoisotopic (exact) mass is 278 g/mol. The number of nitrogens with one attached hydrogen (secondary N) is 2. The van der Waals surface area contributed by atoms with Crippen molar-refractivity contribution in [1.29, 1.82) is 0 Å². The molecule has 0 amide bonds. The van der Waals surface area contributed by atoms with Crippen molar-refractivity contribution < 1.29 is 8.78 Å². The molecule has 20 heavy (non-hydrogen) atoms. The molecular weight excluding hydrogens is 262 g/mol. The molecule has 1 aromatic carbocycles. The van der Waals surface area contributed by atoms with E-state index in [4.69, 9.17) is 5.84 Å². The molecule has 2 rings (SSSR count). The quantitative estimate of drug-likeness (QED) is 0.580.